The Balaban J connectivity index is 2.38. The predicted molar refractivity (Wildman–Crippen MR) is 70.0 cm³/mol. The van der Waals surface area contributed by atoms with Crippen LogP contribution in [0.4, 0.5) is 11.4 Å². The van der Waals surface area contributed by atoms with E-state index in [9.17, 15) is 4.79 Å². The van der Waals surface area contributed by atoms with Gasteiger partial charge in [-0.3, -0.25) is 4.79 Å². The molecule has 0 saturated carbocycles. The van der Waals surface area contributed by atoms with Gasteiger partial charge in [0.1, 0.15) is 5.54 Å². The van der Waals surface area contributed by atoms with Crippen LogP contribution in [0.5, 0.6) is 0 Å². The summed E-state index contributed by atoms with van der Waals surface area (Å²) < 4.78 is 0. The maximum Gasteiger partial charge on any atom is 0.245 e. The third kappa shape index (κ3) is 1.95. The number of carbonyl (C=O) groups is 1. The maximum atomic E-state index is 11.9. The third-order valence-electron chi connectivity index (χ3n) is 3.43. The molecule has 0 spiro atoms. The maximum absolute atomic E-state index is 11.9. The van der Waals surface area contributed by atoms with Crippen LogP contribution in [0, 0.1) is 6.92 Å². The first-order valence-corrected chi connectivity index (χ1v) is 5.85. The number of hydrogen-bond acceptors (Lipinski definition) is 3. The van der Waals surface area contributed by atoms with Crippen molar-refractivity contribution in [1.29, 1.82) is 0 Å². The number of aryl methyl sites for hydroxylation is 1. The van der Waals surface area contributed by atoms with Crippen molar-refractivity contribution in [2.45, 2.75) is 26.3 Å². The van der Waals surface area contributed by atoms with E-state index in [0.717, 1.165) is 23.5 Å². The van der Waals surface area contributed by atoms with Crippen molar-refractivity contribution in [3.05, 3.63) is 23.8 Å². The fourth-order valence-corrected chi connectivity index (χ4v) is 2.15. The molecule has 1 heterocycles. The van der Waals surface area contributed by atoms with Gasteiger partial charge in [0.15, 0.2) is 0 Å². The first-order chi connectivity index (χ1) is 7.93. The van der Waals surface area contributed by atoms with E-state index in [1.165, 1.54) is 0 Å². The Hall–Kier alpha value is -1.71. The number of rotatable bonds is 1. The Morgan fingerprint density at radius 2 is 2.12 bits per heavy atom. The minimum atomic E-state index is -0.528. The van der Waals surface area contributed by atoms with Gasteiger partial charge in [0.2, 0.25) is 5.91 Å². The van der Waals surface area contributed by atoms with Crippen LogP contribution in [0.15, 0.2) is 18.2 Å². The second-order valence-electron chi connectivity index (χ2n) is 5.01. The summed E-state index contributed by atoms with van der Waals surface area (Å²) in [5.41, 5.74) is 8.23. The Bertz CT molecular complexity index is 454. The van der Waals surface area contributed by atoms with E-state index in [4.69, 9.17) is 5.73 Å². The fourth-order valence-electron chi connectivity index (χ4n) is 2.15. The van der Waals surface area contributed by atoms with E-state index in [0.29, 0.717) is 6.54 Å². The van der Waals surface area contributed by atoms with Crippen LogP contribution in [-0.2, 0) is 4.79 Å². The van der Waals surface area contributed by atoms with Crippen molar-refractivity contribution >= 4 is 17.3 Å². The van der Waals surface area contributed by atoms with E-state index in [2.05, 4.69) is 10.2 Å². The predicted octanol–water partition coefficient (Wildman–Crippen LogP) is 1.29. The number of benzene rings is 1. The van der Waals surface area contributed by atoms with Crippen LogP contribution in [0.25, 0.3) is 0 Å². The van der Waals surface area contributed by atoms with E-state index in [1.807, 2.05) is 39.0 Å². The highest BCUT2D eigenvalue weighted by atomic mass is 16.2. The normalized spacial score (nSPS) is 19.0. The molecule has 1 fully saturated rings. The summed E-state index contributed by atoms with van der Waals surface area (Å²) in [4.78, 5) is 14.0. The number of nitrogens with two attached hydrogens (primary N) is 1. The summed E-state index contributed by atoms with van der Waals surface area (Å²) in [6.45, 7) is 7.32. The molecule has 92 valence electrons. The molecule has 1 amide bonds. The second kappa shape index (κ2) is 3.95. The minimum Gasteiger partial charge on any atom is -0.398 e. The van der Waals surface area contributed by atoms with Gasteiger partial charge in [0.25, 0.3) is 0 Å². The topological polar surface area (TPSA) is 58.4 Å². The molecule has 1 saturated heterocycles. The highest BCUT2D eigenvalue weighted by Gasteiger charge is 2.37. The van der Waals surface area contributed by atoms with E-state index in [-0.39, 0.29) is 5.91 Å². The highest BCUT2D eigenvalue weighted by Crippen LogP contribution is 2.28. The summed E-state index contributed by atoms with van der Waals surface area (Å²) in [5.74, 6) is 0.0582. The third-order valence-corrected chi connectivity index (χ3v) is 3.43. The van der Waals surface area contributed by atoms with E-state index >= 15 is 0 Å². The lowest BCUT2D eigenvalue weighted by Crippen LogP contribution is -2.62. The molecule has 0 bridgehead atoms. The first kappa shape index (κ1) is 11.8. The zero-order valence-electron chi connectivity index (χ0n) is 10.6. The average molecular weight is 233 g/mol. The molecule has 0 aliphatic carbocycles. The monoisotopic (exact) mass is 233 g/mol. The average Bonchev–Trinajstić information content (AvgIpc) is 2.26. The lowest BCUT2D eigenvalue weighted by molar-refractivity contribution is -0.126. The smallest absolute Gasteiger partial charge is 0.245 e. The molecule has 4 nitrogen and oxygen atoms in total. The lowest BCUT2D eigenvalue weighted by atomic mass is 9.97. The fraction of sp³-hybridized carbons (Fsp3) is 0.462. The quantitative estimate of drug-likeness (QED) is 0.719. The van der Waals surface area contributed by atoms with E-state index in [1.54, 1.807) is 0 Å². The molecule has 4 heteroatoms. The molecule has 0 aromatic heterocycles. The van der Waals surface area contributed by atoms with Gasteiger partial charge < -0.3 is 16.0 Å². The van der Waals surface area contributed by atoms with Crippen molar-refractivity contribution in [3.63, 3.8) is 0 Å². The summed E-state index contributed by atoms with van der Waals surface area (Å²) in [5, 5.41) is 2.89. The molecule has 0 radical (unpaired) electrons. The van der Waals surface area contributed by atoms with Gasteiger partial charge in [-0.25, -0.2) is 0 Å². The van der Waals surface area contributed by atoms with Crippen molar-refractivity contribution in [3.8, 4) is 0 Å². The molecule has 1 aromatic carbocycles. The summed E-state index contributed by atoms with van der Waals surface area (Å²) in [6.07, 6.45) is 0. The van der Waals surface area contributed by atoms with Crippen LogP contribution in [0.1, 0.15) is 19.4 Å². The summed E-state index contributed by atoms with van der Waals surface area (Å²) >= 11 is 0. The van der Waals surface area contributed by atoms with Crippen LogP contribution in [0.3, 0.4) is 0 Å². The van der Waals surface area contributed by atoms with Gasteiger partial charge in [-0.05, 0) is 38.5 Å². The second-order valence-corrected chi connectivity index (χ2v) is 5.01. The molecule has 17 heavy (non-hydrogen) atoms. The number of anilines is 2. The zero-order chi connectivity index (χ0) is 12.6. The Kier molecular flexibility index (Phi) is 2.73. The molecule has 1 aromatic rings. The highest BCUT2D eigenvalue weighted by molar-refractivity contribution is 5.90. The van der Waals surface area contributed by atoms with Crippen LogP contribution in [-0.4, -0.2) is 24.5 Å². The Morgan fingerprint density at radius 1 is 1.41 bits per heavy atom. The number of nitrogens with one attached hydrogen (secondary N) is 1. The molecule has 1 aliphatic heterocycles. The lowest BCUT2D eigenvalue weighted by Gasteiger charge is -2.43. The summed E-state index contributed by atoms with van der Waals surface area (Å²) in [7, 11) is 0. The molecule has 0 unspecified atom stereocenters. The number of hydrogen-bond donors (Lipinski definition) is 2. The molecular weight excluding hydrogens is 214 g/mol. The van der Waals surface area contributed by atoms with Crippen molar-refractivity contribution in [1.82, 2.24) is 5.32 Å². The largest absolute Gasteiger partial charge is 0.398 e. The van der Waals surface area contributed by atoms with Crippen molar-refractivity contribution in [2.75, 3.05) is 23.7 Å². The van der Waals surface area contributed by atoms with Gasteiger partial charge in [-0.1, -0.05) is 6.07 Å². The summed E-state index contributed by atoms with van der Waals surface area (Å²) in [6, 6.07) is 5.95. The SMILES string of the molecule is Cc1ccc(N2CCNC(=O)C2(C)C)cc1N. The van der Waals surface area contributed by atoms with Gasteiger partial charge in [0.05, 0.1) is 0 Å². The number of amides is 1. The molecule has 0 atom stereocenters. The van der Waals surface area contributed by atoms with E-state index < -0.39 is 5.54 Å². The van der Waals surface area contributed by atoms with Crippen molar-refractivity contribution < 1.29 is 4.79 Å². The number of nitrogens with zero attached hydrogens (tertiary/aromatic N) is 1. The molecule has 1 aliphatic rings. The van der Waals surface area contributed by atoms with Gasteiger partial charge in [0, 0.05) is 24.5 Å². The van der Waals surface area contributed by atoms with Crippen LogP contribution < -0.4 is 16.0 Å². The zero-order valence-corrected chi connectivity index (χ0v) is 10.6. The number of piperazine rings is 1. The first-order valence-electron chi connectivity index (χ1n) is 5.85. The Labute approximate surface area is 102 Å². The Morgan fingerprint density at radius 3 is 2.76 bits per heavy atom. The van der Waals surface area contributed by atoms with Crippen LogP contribution in [0.2, 0.25) is 0 Å². The molecular formula is C13H19N3O. The van der Waals surface area contributed by atoms with Gasteiger partial charge >= 0.3 is 0 Å². The minimum absolute atomic E-state index is 0.0582. The van der Waals surface area contributed by atoms with Gasteiger partial charge in [-0.15, -0.1) is 0 Å². The molecule has 3 N–H and O–H groups in total. The van der Waals surface area contributed by atoms with Crippen LogP contribution >= 0.6 is 0 Å². The number of nitrogen functional groups attached to an aromatic ring is 1. The van der Waals surface area contributed by atoms with Gasteiger partial charge in [-0.2, -0.15) is 0 Å². The standard InChI is InChI=1S/C13H19N3O/c1-9-4-5-10(8-11(9)14)16-7-6-15-12(17)13(16,2)3/h4-5,8H,6-7,14H2,1-3H3,(H,15,17). The molecule has 2 rings (SSSR count). The number of carbonyl (C=O) groups excluding carboxylic acids is 1. The van der Waals surface area contributed by atoms with Crippen molar-refractivity contribution in [2.24, 2.45) is 0 Å².